The van der Waals surface area contributed by atoms with E-state index in [0.29, 0.717) is 5.89 Å². The Kier molecular flexibility index (Phi) is 2.91. The van der Waals surface area contributed by atoms with Gasteiger partial charge in [0.2, 0.25) is 5.89 Å². The Bertz CT molecular complexity index is 702. The van der Waals surface area contributed by atoms with Crippen molar-refractivity contribution in [2.45, 2.75) is 0 Å². The Morgan fingerprint density at radius 1 is 1.11 bits per heavy atom. The van der Waals surface area contributed by atoms with Gasteiger partial charge in [-0.2, -0.15) is 0 Å². The maximum Gasteiger partial charge on any atom is 0.227 e. The highest BCUT2D eigenvalue weighted by Crippen LogP contribution is 2.25. The Morgan fingerprint density at radius 2 is 1.89 bits per heavy atom. The number of hydrogen-bond acceptors (Lipinski definition) is 3. The van der Waals surface area contributed by atoms with Crippen molar-refractivity contribution < 1.29 is 9.15 Å². The van der Waals surface area contributed by atoms with Gasteiger partial charge >= 0.3 is 0 Å². The molecule has 0 unspecified atom stereocenters. The second-order valence-electron chi connectivity index (χ2n) is 4.00. The largest absolute Gasteiger partial charge is 0.481 e. The molecule has 3 nitrogen and oxygen atoms in total. The molecule has 19 heavy (non-hydrogen) atoms. The average Bonchev–Trinajstić information content (AvgIpc) is 2.89. The third-order valence-electron chi connectivity index (χ3n) is 2.72. The number of benzene rings is 2. The first-order valence-electron chi connectivity index (χ1n) is 5.89. The van der Waals surface area contributed by atoms with E-state index >= 15 is 0 Å². The van der Waals surface area contributed by atoms with Crippen molar-refractivity contribution in [1.82, 2.24) is 4.98 Å². The Labute approximate surface area is 110 Å². The molecular formula is C16H11NO2. The van der Waals surface area contributed by atoms with Crippen LogP contribution in [0.1, 0.15) is 0 Å². The number of rotatable bonds is 3. The van der Waals surface area contributed by atoms with Crippen molar-refractivity contribution in [3.05, 3.63) is 48.5 Å². The number of ether oxygens (including phenoxy) is 1. The van der Waals surface area contributed by atoms with E-state index in [1.54, 1.807) is 0 Å². The van der Waals surface area contributed by atoms with E-state index in [4.69, 9.17) is 15.6 Å². The lowest BCUT2D eigenvalue weighted by Crippen LogP contribution is -1.92. The number of fused-ring (bicyclic) bond motifs is 1. The van der Waals surface area contributed by atoms with Gasteiger partial charge in [0.25, 0.3) is 0 Å². The number of oxazole rings is 1. The maximum atomic E-state index is 5.69. The molecule has 92 valence electrons. The molecule has 0 aliphatic carbocycles. The van der Waals surface area contributed by atoms with E-state index in [1.807, 2.05) is 48.5 Å². The zero-order chi connectivity index (χ0) is 13.1. The Morgan fingerprint density at radius 3 is 2.63 bits per heavy atom. The lowest BCUT2D eigenvalue weighted by molar-refractivity contribution is 0.370. The molecule has 0 fully saturated rings. The summed E-state index contributed by atoms with van der Waals surface area (Å²) in [5, 5.41) is 0. The molecule has 0 bridgehead atoms. The second-order valence-corrected chi connectivity index (χ2v) is 4.00. The van der Waals surface area contributed by atoms with E-state index in [2.05, 4.69) is 10.9 Å². The monoisotopic (exact) mass is 249 g/mol. The van der Waals surface area contributed by atoms with Gasteiger partial charge in [0.1, 0.15) is 17.9 Å². The third-order valence-corrected chi connectivity index (χ3v) is 2.72. The van der Waals surface area contributed by atoms with Crippen molar-refractivity contribution in [2.24, 2.45) is 0 Å². The van der Waals surface area contributed by atoms with Crippen molar-refractivity contribution in [2.75, 3.05) is 6.61 Å². The lowest BCUT2D eigenvalue weighted by Gasteiger charge is -2.01. The van der Waals surface area contributed by atoms with Crippen LogP contribution in [-0.2, 0) is 0 Å². The van der Waals surface area contributed by atoms with Crippen LogP contribution in [0, 0.1) is 12.3 Å². The van der Waals surface area contributed by atoms with Crippen LogP contribution in [0.3, 0.4) is 0 Å². The molecule has 3 aromatic rings. The van der Waals surface area contributed by atoms with Gasteiger partial charge in [0.05, 0.1) is 0 Å². The lowest BCUT2D eigenvalue weighted by atomic mass is 10.2. The van der Waals surface area contributed by atoms with Crippen molar-refractivity contribution in [3.8, 4) is 29.5 Å². The summed E-state index contributed by atoms with van der Waals surface area (Å²) in [6.07, 6.45) is 5.14. The molecule has 0 N–H and O–H groups in total. The summed E-state index contributed by atoms with van der Waals surface area (Å²) < 4.78 is 11.0. The van der Waals surface area contributed by atoms with E-state index in [0.717, 1.165) is 22.4 Å². The van der Waals surface area contributed by atoms with Crippen LogP contribution in [0.4, 0.5) is 0 Å². The first kappa shape index (κ1) is 11.4. The van der Waals surface area contributed by atoms with Crippen molar-refractivity contribution in [1.29, 1.82) is 0 Å². The first-order chi connectivity index (χ1) is 9.36. The van der Waals surface area contributed by atoms with Crippen LogP contribution in [0.15, 0.2) is 52.9 Å². The number of nitrogens with zero attached hydrogens (tertiary/aromatic N) is 1. The minimum atomic E-state index is 0.266. The fourth-order valence-electron chi connectivity index (χ4n) is 1.81. The molecule has 3 heteroatoms. The van der Waals surface area contributed by atoms with Gasteiger partial charge < -0.3 is 9.15 Å². The molecule has 0 saturated heterocycles. The minimum Gasteiger partial charge on any atom is -0.481 e. The molecule has 1 heterocycles. The highest BCUT2D eigenvalue weighted by molar-refractivity contribution is 5.76. The van der Waals surface area contributed by atoms with Crippen molar-refractivity contribution in [3.63, 3.8) is 0 Å². The predicted molar refractivity (Wildman–Crippen MR) is 73.8 cm³/mol. The number of para-hydroxylation sites is 2. The van der Waals surface area contributed by atoms with Gasteiger partial charge in [0.15, 0.2) is 5.58 Å². The fourth-order valence-corrected chi connectivity index (χ4v) is 1.81. The number of terminal acetylenes is 1. The molecule has 0 aliphatic rings. The molecule has 0 atom stereocenters. The van der Waals surface area contributed by atoms with Crippen molar-refractivity contribution >= 4 is 11.1 Å². The summed E-state index contributed by atoms with van der Waals surface area (Å²) >= 11 is 0. The molecule has 3 rings (SSSR count). The van der Waals surface area contributed by atoms with E-state index < -0.39 is 0 Å². The smallest absolute Gasteiger partial charge is 0.227 e. The van der Waals surface area contributed by atoms with Gasteiger partial charge in [-0.1, -0.05) is 18.1 Å². The first-order valence-corrected chi connectivity index (χ1v) is 5.89. The number of aromatic nitrogens is 1. The molecular weight excluding hydrogens is 238 g/mol. The van der Waals surface area contributed by atoms with Crippen LogP contribution in [0.5, 0.6) is 5.75 Å². The Hall–Kier alpha value is -2.73. The molecule has 0 spiro atoms. The topological polar surface area (TPSA) is 35.3 Å². The fraction of sp³-hybridized carbons (Fsp3) is 0.0625. The van der Waals surface area contributed by atoms with Crippen LogP contribution in [0.25, 0.3) is 22.6 Å². The van der Waals surface area contributed by atoms with Crippen LogP contribution >= 0.6 is 0 Å². The second kappa shape index (κ2) is 4.87. The van der Waals surface area contributed by atoms with Gasteiger partial charge in [-0.05, 0) is 36.4 Å². The molecule has 0 radical (unpaired) electrons. The summed E-state index contributed by atoms with van der Waals surface area (Å²) in [4.78, 5) is 4.43. The van der Waals surface area contributed by atoms with E-state index in [-0.39, 0.29) is 6.61 Å². The summed E-state index contributed by atoms with van der Waals surface area (Å²) in [5.74, 6) is 3.76. The summed E-state index contributed by atoms with van der Waals surface area (Å²) in [5.41, 5.74) is 2.54. The summed E-state index contributed by atoms with van der Waals surface area (Å²) in [6, 6.07) is 15.2. The normalized spacial score (nSPS) is 10.3. The minimum absolute atomic E-state index is 0.266. The molecule has 0 aliphatic heterocycles. The van der Waals surface area contributed by atoms with Crippen LogP contribution in [0.2, 0.25) is 0 Å². The van der Waals surface area contributed by atoms with Gasteiger partial charge in [-0.3, -0.25) is 0 Å². The van der Waals surface area contributed by atoms with E-state index in [9.17, 15) is 0 Å². The van der Waals surface area contributed by atoms with Crippen LogP contribution < -0.4 is 4.74 Å². The molecule has 2 aromatic carbocycles. The highest BCUT2D eigenvalue weighted by atomic mass is 16.5. The average molecular weight is 249 g/mol. The quantitative estimate of drug-likeness (QED) is 0.666. The SMILES string of the molecule is C#CCOc1ccc(-c2nc3ccccc3o2)cc1. The van der Waals surface area contributed by atoms with Gasteiger partial charge in [-0.25, -0.2) is 4.98 Å². The van der Waals surface area contributed by atoms with Gasteiger partial charge in [0, 0.05) is 5.56 Å². The molecule has 0 amide bonds. The molecule has 0 saturated carbocycles. The zero-order valence-electron chi connectivity index (χ0n) is 10.2. The zero-order valence-corrected chi connectivity index (χ0v) is 10.2. The standard InChI is InChI=1S/C16H11NO2/c1-2-11-18-13-9-7-12(8-10-13)16-17-14-5-3-4-6-15(14)19-16/h1,3-10H,11H2. The van der Waals surface area contributed by atoms with Crippen LogP contribution in [-0.4, -0.2) is 11.6 Å². The predicted octanol–water partition coefficient (Wildman–Crippen LogP) is 3.51. The summed E-state index contributed by atoms with van der Waals surface area (Å²) in [6.45, 7) is 0.266. The Balaban J connectivity index is 1.91. The van der Waals surface area contributed by atoms with E-state index in [1.165, 1.54) is 0 Å². The summed E-state index contributed by atoms with van der Waals surface area (Å²) in [7, 11) is 0. The highest BCUT2D eigenvalue weighted by Gasteiger charge is 2.07. The molecule has 1 aromatic heterocycles. The van der Waals surface area contributed by atoms with Gasteiger partial charge in [-0.15, -0.1) is 6.42 Å². The third kappa shape index (κ3) is 2.29. The maximum absolute atomic E-state index is 5.69. The number of hydrogen-bond donors (Lipinski definition) is 0.